The Hall–Kier alpha value is -0.300. The van der Waals surface area contributed by atoms with Crippen LogP contribution in [0.3, 0.4) is 0 Å². The summed E-state index contributed by atoms with van der Waals surface area (Å²) in [7, 11) is 0. The van der Waals surface area contributed by atoms with Crippen LogP contribution in [0.1, 0.15) is 31.7 Å². The zero-order valence-electron chi connectivity index (χ0n) is 6.97. The van der Waals surface area contributed by atoms with Crippen molar-refractivity contribution < 1.29 is 0 Å². The largest absolute Gasteiger partial charge is 0.152 e. The van der Waals surface area contributed by atoms with Gasteiger partial charge in [0.05, 0.1) is 0 Å². The van der Waals surface area contributed by atoms with Gasteiger partial charge < -0.3 is 0 Å². The van der Waals surface area contributed by atoms with Crippen LogP contribution in [0.4, 0.5) is 0 Å². The first-order valence-corrected chi connectivity index (χ1v) is 5.24. The van der Waals surface area contributed by atoms with Crippen LogP contribution in [-0.2, 0) is 6.42 Å². The van der Waals surface area contributed by atoms with Gasteiger partial charge in [0, 0.05) is 0 Å². The first-order valence-electron chi connectivity index (χ1n) is 4.30. The van der Waals surface area contributed by atoms with E-state index in [0.717, 1.165) is 5.41 Å². The van der Waals surface area contributed by atoms with Gasteiger partial charge in [0.1, 0.15) is 0 Å². The SMILES string of the molecule is CC1(CCc2ccsc2)CC1. The molecular weight excluding hydrogens is 152 g/mol. The molecule has 0 nitrogen and oxygen atoms in total. The van der Waals surface area contributed by atoms with Gasteiger partial charge in [0.2, 0.25) is 0 Å². The van der Waals surface area contributed by atoms with E-state index in [-0.39, 0.29) is 0 Å². The summed E-state index contributed by atoms with van der Waals surface area (Å²) in [6.45, 7) is 2.40. The number of hydrogen-bond donors (Lipinski definition) is 0. The molecule has 0 aliphatic heterocycles. The summed E-state index contributed by atoms with van der Waals surface area (Å²) in [4.78, 5) is 0. The highest BCUT2D eigenvalue weighted by atomic mass is 32.1. The summed E-state index contributed by atoms with van der Waals surface area (Å²) in [5.74, 6) is 0. The van der Waals surface area contributed by atoms with Crippen LogP contribution in [0.5, 0.6) is 0 Å². The van der Waals surface area contributed by atoms with Crippen molar-refractivity contribution in [3.05, 3.63) is 22.4 Å². The minimum atomic E-state index is 0.724. The number of aryl methyl sites for hydroxylation is 1. The molecule has 1 heterocycles. The number of thiophene rings is 1. The zero-order valence-corrected chi connectivity index (χ0v) is 7.79. The van der Waals surface area contributed by atoms with Crippen molar-refractivity contribution in [1.82, 2.24) is 0 Å². The smallest absolute Gasteiger partial charge is 0.00613 e. The predicted molar refractivity (Wildman–Crippen MR) is 50.0 cm³/mol. The molecule has 1 aromatic rings. The number of hydrogen-bond acceptors (Lipinski definition) is 1. The molecule has 0 unspecified atom stereocenters. The third kappa shape index (κ3) is 1.84. The molecule has 0 amide bonds. The lowest BCUT2D eigenvalue weighted by Crippen LogP contribution is -1.94. The molecule has 1 fully saturated rings. The van der Waals surface area contributed by atoms with Gasteiger partial charge in [-0.25, -0.2) is 0 Å². The van der Waals surface area contributed by atoms with E-state index < -0.39 is 0 Å². The summed E-state index contributed by atoms with van der Waals surface area (Å²) in [5.41, 5.74) is 2.25. The van der Waals surface area contributed by atoms with Crippen LogP contribution < -0.4 is 0 Å². The molecule has 1 aromatic heterocycles. The van der Waals surface area contributed by atoms with Crippen molar-refractivity contribution in [2.24, 2.45) is 5.41 Å². The monoisotopic (exact) mass is 166 g/mol. The second kappa shape index (κ2) is 2.63. The third-order valence-corrected chi connectivity index (χ3v) is 3.43. The Labute approximate surface area is 72.3 Å². The molecule has 1 heteroatoms. The van der Waals surface area contributed by atoms with E-state index in [2.05, 4.69) is 23.8 Å². The highest BCUT2D eigenvalue weighted by molar-refractivity contribution is 7.07. The van der Waals surface area contributed by atoms with Crippen molar-refractivity contribution in [2.75, 3.05) is 0 Å². The molecule has 1 saturated carbocycles. The average Bonchev–Trinajstić information content (AvgIpc) is 2.53. The quantitative estimate of drug-likeness (QED) is 0.645. The lowest BCUT2D eigenvalue weighted by molar-refractivity contribution is 0.519. The second-order valence-electron chi connectivity index (χ2n) is 3.94. The summed E-state index contributed by atoms with van der Waals surface area (Å²) in [6.07, 6.45) is 5.60. The number of rotatable bonds is 3. The Balaban J connectivity index is 1.83. The zero-order chi connectivity index (χ0) is 7.73. The molecule has 60 valence electrons. The summed E-state index contributed by atoms with van der Waals surface area (Å²) < 4.78 is 0. The highest BCUT2D eigenvalue weighted by Gasteiger charge is 2.36. The fourth-order valence-electron chi connectivity index (χ4n) is 1.34. The minimum Gasteiger partial charge on any atom is -0.152 e. The van der Waals surface area contributed by atoms with Crippen molar-refractivity contribution >= 4 is 11.3 Å². The Morgan fingerprint density at radius 2 is 2.36 bits per heavy atom. The second-order valence-corrected chi connectivity index (χ2v) is 4.72. The van der Waals surface area contributed by atoms with E-state index in [9.17, 15) is 0 Å². The topological polar surface area (TPSA) is 0 Å². The van der Waals surface area contributed by atoms with E-state index in [4.69, 9.17) is 0 Å². The molecule has 0 saturated heterocycles. The van der Waals surface area contributed by atoms with Gasteiger partial charge in [-0.3, -0.25) is 0 Å². The Kier molecular flexibility index (Phi) is 1.76. The van der Waals surface area contributed by atoms with Crippen molar-refractivity contribution in [1.29, 1.82) is 0 Å². The molecule has 0 spiro atoms. The molecular formula is C10H14S. The fourth-order valence-corrected chi connectivity index (χ4v) is 2.05. The van der Waals surface area contributed by atoms with E-state index >= 15 is 0 Å². The van der Waals surface area contributed by atoms with Crippen LogP contribution in [0.25, 0.3) is 0 Å². The lowest BCUT2D eigenvalue weighted by atomic mass is 10.0. The highest BCUT2D eigenvalue weighted by Crippen LogP contribution is 2.48. The molecule has 2 rings (SSSR count). The van der Waals surface area contributed by atoms with E-state index in [1.807, 2.05) is 11.3 Å². The predicted octanol–water partition coefficient (Wildman–Crippen LogP) is 3.48. The van der Waals surface area contributed by atoms with Crippen LogP contribution in [0.15, 0.2) is 16.8 Å². The van der Waals surface area contributed by atoms with Gasteiger partial charge in [-0.05, 0) is 53.5 Å². The van der Waals surface area contributed by atoms with Gasteiger partial charge in [-0.1, -0.05) is 6.92 Å². The summed E-state index contributed by atoms with van der Waals surface area (Å²) in [5, 5.41) is 4.44. The summed E-state index contributed by atoms with van der Waals surface area (Å²) in [6, 6.07) is 2.25. The van der Waals surface area contributed by atoms with E-state index in [1.54, 1.807) is 0 Å². The Morgan fingerprint density at radius 3 is 2.91 bits per heavy atom. The molecule has 0 radical (unpaired) electrons. The molecule has 0 aromatic carbocycles. The van der Waals surface area contributed by atoms with Crippen molar-refractivity contribution in [2.45, 2.75) is 32.6 Å². The van der Waals surface area contributed by atoms with E-state index in [1.165, 1.54) is 31.2 Å². The molecule has 0 N–H and O–H groups in total. The molecule has 0 atom stereocenters. The maximum Gasteiger partial charge on any atom is -0.00613 e. The Morgan fingerprint density at radius 1 is 1.55 bits per heavy atom. The molecule has 1 aliphatic rings. The normalized spacial score (nSPS) is 20.1. The van der Waals surface area contributed by atoms with Gasteiger partial charge >= 0.3 is 0 Å². The van der Waals surface area contributed by atoms with Gasteiger partial charge in [0.15, 0.2) is 0 Å². The molecule has 1 aliphatic carbocycles. The molecule has 11 heavy (non-hydrogen) atoms. The minimum absolute atomic E-state index is 0.724. The third-order valence-electron chi connectivity index (χ3n) is 2.70. The Bertz CT molecular complexity index is 219. The van der Waals surface area contributed by atoms with Gasteiger partial charge in [0.25, 0.3) is 0 Å². The molecule has 0 bridgehead atoms. The first kappa shape index (κ1) is 7.35. The van der Waals surface area contributed by atoms with Crippen molar-refractivity contribution in [3.8, 4) is 0 Å². The fraction of sp³-hybridized carbons (Fsp3) is 0.600. The van der Waals surface area contributed by atoms with Gasteiger partial charge in [-0.15, -0.1) is 0 Å². The average molecular weight is 166 g/mol. The standard InChI is InChI=1S/C10H14S/c1-10(5-6-10)4-2-9-3-7-11-8-9/h3,7-8H,2,4-6H2,1H3. The van der Waals surface area contributed by atoms with Crippen LogP contribution in [0, 0.1) is 5.41 Å². The van der Waals surface area contributed by atoms with Crippen LogP contribution in [0.2, 0.25) is 0 Å². The van der Waals surface area contributed by atoms with Gasteiger partial charge in [-0.2, -0.15) is 11.3 Å². The lowest BCUT2D eigenvalue weighted by Gasteiger charge is -2.04. The van der Waals surface area contributed by atoms with Crippen LogP contribution in [-0.4, -0.2) is 0 Å². The van der Waals surface area contributed by atoms with Crippen molar-refractivity contribution in [3.63, 3.8) is 0 Å². The summed E-state index contributed by atoms with van der Waals surface area (Å²) >= 11 is 1.81. The van der Waals surface area contributed by atoms with E-state index in [0.29, 0.717) is 0 Å². The first-order chi connectivity index (χ1) is 5.29. The van der Waals surface area contributed by atoms with Crippen LogP contribution >= 0.6 is 11.3 Å². The maximum absolute atomic E-state index is 2.40. The maximum atomic E-state index is 2.40.